The summed E-state index contributed by atoms with van der Waals surface area (Å²) in [5, 5.41) is 3.46. The van der Waals surface area contributed by atoms with Crippen LogP contribution in [0.3, 0.4) is 0 Å². The van der Waals surface area contributed by atoms with Crippen LogP contribution in [0.4, 0.5) is 0 Å². The number of nitrogens with one attached hydrogen (secondary N) is 1. The SMILES string of the molecule is Cc1ccc2oc(C3CC(C)CCN3)nc2n1. The molecule has 3 rings (SSSR count). The van der Waals surface area contributed by atoms with Crippen molar-refractivity contribution in [1.29, 1.82) is 0 Å². The van der Waals surface area contributed by atoms with E-state index in [4.69, 9.17) is 4.42 Å². The minimum Gasteiger partial charge on any atom is -0.437 e. The van der Waals surface area contributed by atoms with Crippen LogP contribution in [0.25, 0.3) is 11.2 Å². The summed E-state index contributed by atoms with van der Waals surface area (Å²) in [6, 6.07) is 4.14. The van der Waals surface area contributed by atoms with Gasteiger partial charge in [0.2, 0.25) is 5.89 Å². The normalized spacial score (nSPS) is 25.3. The summed E-state index contributed by atoms with van der Waals surface area (Å²) in [6.07, 6.45) is 2.32. The number of oxazole rings is 1. The molecule has 17 heavy (non-hydrogen) atoms. The molecular formula is C13H17N3O. The molecule has 1 aliphatic rings. The summed E-state index contributed by atoms with van der Waals surface area (Å²) in [4.78, 5) is 8.87. The van der Waals surface area contributed by atoms with Crippen molar-refractivity contribution < 1.29 is 4.42 Å². The Morgan fingerprint density at radius 3 is 3.06 bits per heavy atom. The van der Waals surface area contributed by atoms with E-state index in [0.717, 1.165) is 41.7 Å². The lowest BCUT2D eigenvalue weighted by Crippen LogP contribution is -2.30. The zero-order valence-corrected chi connectivity index (χ0v) is 10.2. The third-order valence-corrected chi connectivity index (χ3v) is 3.37. The molecule has 0 bridgehead atoms. The number of nitrogens with zero attached hydrogens (tertiary/aromatic N) is 2. The minimum absolute atomic E-state index is 0.244. The molecule has 0 amide bonds. The Morgan fingerprint density at radius 2 is 2.24 bits per heavy atom. The smallest absolute Gasteiger partial charge is 0.214 e. The zero-order valence-electron chi connectivity index (χ0n) is 10.2. The van der Waals surface area contributed by atoms with E-state index in [1.165, 1.54) is 6.42 Å². The van der Waals surface area contributed by atoms with E-state index in [-0.39, 0.29) is 6.04 Å². The second-order valence-electron chi connectivity index (χ2n) is 4.96. The van der Waals surface area contributed by atoms with Gasteiger partial charge in [0.1, 0.15) is 0 Å². The van der Waals surface area contributed by atoms with Gasteiger partial charge in [-0.15, -0.1) is 0 Å². The van der Waals surface area contributed by atoms with E-state index < -0.39 is 0 Å². The van der Waals surface area contributed by atoms with E-state index in [1.807, 2.05) is 19.1 Å². The van der Waals surface area contributed by atoms with E-state index in [2.05, 4.69) is 22.2 Å². The fourth-order valence-electron chi connectivity index (χ4n) is 2.37. The molecule has 1 N–H and O–H groups in total. The first-order chi connectivity index (χ1) is 8.22. The minimum atomic E-state index is 0.244. The number of aryl methyl sites for hydroxylation is 1. The number of hydrogen-bond donors (Lipinski definition) is 1. The first-order valence-corrected chi connectivity index (χ1v) is 6.20. The Balaban J connectivity index is 1.94. The zero-order chi connectivity index (χ0) is 11.8. The van der Waals surface area contributed by atoms with Gasteiger partial charge in [-0.2, -0.15) is 4.98 Å². The van der Waals surface area contributed by atoms with Crippen molar-refractivity contribution >= 4 is 11.2 Å². The standard InChI is InChI=1S/C13H17N3O/c1-8-5-6-14-10(7-8)13-16-12-11(17-13)4-3-9(2)15-12/h3-4,8,10,14H,5-7H2,1-2H3. The Kier molecular flexibility index (Phi) is 2.59. The highest BCUT2D eigenvalue weighted by Crippen LogP contribution is 2.28. The number of rotatable bonds is 1. The summed E-state index contributed by atoms with van der Waals surface area (Å²) >= 11 is 0. The fraction of sp³-hybridized carbons (Fsp3) is 0.538. The molecule has 2 aromatic heterocycles. The summed E-state index contributed by atoms with van der Waals surface area (Å²) in [7, 11) is 0. The molecule has 1 aliphatic heterocycles. The van der Waals surface area contributed by atoms with Crippen LogP contribution in [0.1, 0.15) is 37.4 Å². The molecule has 0 aromatic carbocycles. The number of hydrogen-bond acceptors (Lipinski definition) is 4. The van der Waals surface area contributed by atoms with Crippen molar-refractivity contribution in [3.05, 3.63) is 23.7 Å². The summed E-state index contributed by atoms with van der Waals surface area (Å²) in [6.45, 7) is 5.28. The molecular weight excluding hydrogens is 214 g/mol. The van der Waals surface area contributed by atoms with Crippen molar-refractivity contribution in [2.24, 2.45) is 5.92 Å². The molecule has 4 heteroatoms. The molecule has 3 heterocycles. The van der Waals surface area contributed by atoms with Crippen LogP contribution in [0.5, 0.6) is 0 Å². The lowest BCUT2D eigenvalue weighted by atomic mass is 9.94. The highest BCUT2D eigenvalue weighted by Gasteiger charge is 2.24. The van der Waals surface area contributed by atoms with Crippen molar-refractivity contribution in [1.82, 2.24) is 15.3 Å². The van der Waals surface area contributed by atoms with Crippen LogP contribution in [0, 0.1) is 12.8 Å². The van der Waals surface area contributed by atoms with E-state index in [0.29, 0.717) is 0 Å². The summed E-state index contributed by atoms with van der Waals surface area (Å²) in [5.41, 5.74) is 2.48. The van der Waals surface area contributed by atoms with Gasteiger partial charge in [0.15, 0.2) is 11.2 Å². The monoisotopic (exact) mass is 231 g/mol. The Hall–Kier alpha value is -1.42. The molecule has 90 valence electrons. The first-order valence-electron chi connectivity index (χ1n) is 6.20. The van der Waals surface area contributed by atoms with Crippen LogP contribution in [0.15, 0.2) is 16.5 Å². The van der Waals surface area contributed by atoms with Crippen LogP contribution in [-0.2, 0) is 0 Å². The average Bonchev–Trinajstić information content (AvgIpc) is 2.72. The van der Waals surface area contributed by atoms with Gasteiger partial charge in [-0.3, -0.25) is 0 Å². The van der Waals surface area contributed by atoms with Gasteiger partial charge in [0, 0.05) is 5.69 Å². The number of fused-ring (bicyclic) bond motifs is 1. The maximum absolute atomic E-state index is 5.77. The Bertz CT molecular complexity index is 534. The van der Waals surface area contributed by atoms with Crippen molar-refractivity contribution in [2.45, 2.75) is 32.7 Å². The van der Waals surface area contributed by atoms with Gasteiger partial charge in [-0.05, 0) is 44.4 Å². The second-order valence-corrected chi connectivity index (χ2v) is 4.96. The molecule has 4 nitrogen and oxygen atoms in total. The number of pyridine rings is 1. The largest absolute Gasteiger partial charge is 0.437 e. The molecule has 0 aliphatic carbocycles. The molecule has 2 atom stereocenters. The van der Waals surface area contributed by atoms with E-state index >= 15 is 0 Å². The lowest BCUT2D eigenvalue weighted by molar-refractivity contribution is 0.287. The highest BCUT2D eigenvalue weighted by molar-refractivity contribution is 5.67. The molecule has 0 radical (unpaired) electrons. The lowest BCUT2D eigenvalue weighted by Gasteiger charge is -2.25. The van der Waals surface area contributed by atoms with Gasteiger partial charge in [-0.25, -0.2) is 4.98 Å². The third kappa shape index (κ3) is 2.05. The van der Waals surface area contributed by atoms with Crippen LogP contribution in [-0.4, -0.2) is 16.5 Å². The van der Waals surface area contributed by atoms with Gasteiger partial charge in [0.25, 0.3) is 0 Å². The molecule has 0 spiro atoms. The predicted octanol–water partition coefficient (Wildman–Crippen LogP) is 2.59. The van der Waals surface area contributed by atoms with Crippen molar-refractivity contribution in [2.75, 3.05) is 6.54 Å². The van der Waals surface area contributed by atoms with Crippen LogP contribution in [0.2, 0.25) is 0 Å². The van der Waals surface area contributed by atoms with E-state index in [9.17, 15) is 0 Å². The van der Waals surface area contributed by atoms with Crippen LogP contribution >= 0.6 is 0 Å². The molecule has 2 aromatic rings. The molecule has 1 fully saturated rings. The van der Waals surface area contributed by atoms with Gasteiger partial charge in [-0.1, -0.05) is 6.92 Å². The summed E-state index contributed by atoms with van der Waals surface area (Å²) in [5.74, 6) is 1.51. The Morgan fingerprint density at radius 1 is 1.35 bits per heavy atom. The average molecular weight is 231 g/mol. The van der Waals surface area contributed by atoms with Gasteiger partial charge < -0.3 is 9.73 Å². The van der Waals surface area contributed by atoms with Crippen molar-refractivity contribution in [3.8, 4) is 0 Å². The maximum atomic E-state index is 5.77. The molecule has 1 saturated heterocycles. The topological polar surface area (TPSA) is 51.0 Å². The van der Waals surface area contributed by atoms with Crippen LogP contribution < -0.4 is 5.32 Å². The van der Waals surface area contributed by atoms with Gasteiger partial charge >= 0.3 is 0 Å². The first kappa shape index (κ1) is 10.7. The number of piperidine rings is 1. The molecule has 2 unspecified atom stereocenters. The quantitative estimate of drug-likeness (QED) is 0.819. The number of aromatic nitrogens is 2. The predicted molar refractivity (Wildman–Crippen MR) is 65.7 cm³/mol. The fourth-order valence-corrected chi connectivity index (χ4v) is 2.37. The highest BCUT2D eigenvalue weighted by atomic mass is 16.3. The van der Waals surface area contributed by atoms with Crippen molar-refractivity contribution in [3.63, 3.8) is 0 Å². The molecule has 0 saturated carbocycles. The van der Waals surface area contributed by atoms with E-state index in [1.54, 1.807) is 0 Å². The second kappa shape index (κ2) is 4.11. The third-order valence-electron chi connectivity index (χ3n) is 3.37. The Labute approximate surface area is 100 Å². The maximum Gasteiger partial charge on any atom is 0.214 e. The summed E-state index contributed by atoms with van der Waals surface area (Å²) < 4.78 is 5.77. The van der Waals surface area contributed by atoms with Gasteiger partial charge in [0.05, 0.1) is 6.04 Å².